The number of nitrogens with zero attached hydrogens (tertiary/aromatic N) is 3. The van der Waals surface area contributed by atoms with Gasteiger partial charge in [0.15, 0.2) is 0 Å². The standard InChI is InChI=1S/C19H22ClN3O5S/c1-3-5-18(19(24)25)23-17-7-4-6-16(21(2)28-29(26)27)15(17)12-22(23)14-10-8-13(20)9-11-14/h4,6-11,18,29H,3,5,12H2,1-2H3,(H,24,25). The molecule has 29 heavy (non-hydrogen) atoms. The maximum Gasteiger partial charge on any atom is 0.328 e. The van der Waals surface area contributed by atoms with Gasteiger partial charge in [0.25, 0.3) is 11.0 Å². The molecule has 8 nitrogen and oxygen atoms in total. The Morgan fingerprint density at radius 2 is 1.97 bits per heavy atom. The van der Waals surface area contributed by atoms with E-state index in [4.69, 9.17) is 15.9 Å². The molecule has 0 spiro atoms. The summed E-state index contributed by atoms with van der Waals surface area (Å²) in [5, 5.41) is 15.3. The van der Waals surface area contributed by atoms with Crippen LogP contribution in [-0.2, 0) is 26.6 Å². The summed E-state index contributed by atoms with van der Waals surface area (Å²) in [6.07, 6.45) is 1.14. The van der Waals surface area contributed by atoms with Crippen molar-refractivity contribution in [3.63, 3.8) is 0 Å². The van der Waals surface area contributed by atoms with Crippen LogP contribution in [0.25, 0.3) is 0 Å². The van der Waals surface area contributed by atoms with Crippen molar-refractivity contribution < 1.29 is 22.6 Å². The van der Waals surface area contributed by atoms with Crippen LogP contribution in [-0.4, -0.2) is 32.6 Å². The summed E-state index contributed by atoms with van der Waals surface area (Å²) in [5.41, 5.74) is 2.78. The van der Waals surface area contributed by atoms with Gasteiger partial charge in [-0.3, -0.25) is 10.0 Å². The maximum absolute atomic E-state index is 12.1. The van der Waals surface area contributed by atoms with E-state index in [1.54, 1.807) is 29.3 Å². The number of hydrazine groups is 1. The van der Waals surface area contributed by atoms with E-state index in [9.17, 15) is 18.3 Å². The molecule has 2 aromatic carbocycles. The van der Waals surface area contributed by atoms with Crippen molar-refractivity contribution >= 4 is 45.6 Å². The highest BCUT2D eigenvalue weighted by Gasteiger charge is 2.38. The molecule has 0 aliphatic carbocycles. The van der Waals surface area contributed by atoms with Crippen LogP contribution in [0.5, 0.6) is 0 Å². The number of halogens is 1. The first-order valence-electron chi connectivity index (χ1n) is 9.06. The molecule has 1 aliphatic heterocycles. The number of carbonyl (C=O) groups is 1. The van der Waals surface area contributed by atoms with E-state index in [-0.39, 0.29) is 0 Å². The predicted octanol–water partition coefficient (Wildman–Crippen LogP) is 3.23. The molecule has 0 fully saturated rings. The van der Waals surface area contributed by atoms with E-state index >= 15 is 0 Å². The smallest absolute Gasteiger partial charge is 0.328 e. The van der Waals surface area contributed by atoms with Crippen LogP contribution >= 0.6 is 11.6 Å². The summed E-state index contributed by atoms with van der Waals surface area (Å²) < 4.78 is 26.8. The Balaban J connectivity index is 2.12. The van der Waals surface area contributed by atoms with Crippen molar-refractivity contribution in [2.45, 2.75) is 32.4 Å². The molecule has 0 aromatic heterocycles. The number of anilines is 3. The van der Waals surface area contributed by atoms with Gasteiger partial charge in [0.2, 0.25) is 0 Å². The fourth-order valence-electron chi connectivity index (χ4n) is 3.52. The number of hydrogen-bond donors (Lipinski definition) is 2. The summed E-state index contributed by atoms with van der Waals surface area (Å²) >= 11 is 6.01. The second-order valence-electron chi connectivity index (χ2n) is 6.60. The van der Waals surface area contributed by atoms with Crippen molar-refractivity contribution in [1.82, 2.24) is 0 Å². The Kier molecular flexibility index (Phi) is 6.51. The minimum Gasteiger partial charge on any atom is -0.480 e. The monoisotopic (exact) mass is 439 g/mol. The Morgan fingerprint density at radius 3 is 2.55 bits per heavy atom. The zero-order valence-electron chi connectivity index (χ0n) is 16.0. The average Bonchev–Trinajstić information content (AvgIpc) is 3.05. The molecule has 0 amide bonds. The maximum atomic E-state index is 12.1. The second-order valence-corrected chi connectivity index (χ2v) is 7.65. The topological polar surface area (TPSA) is 90.4 Å². The third-order valence-electron chi connectivity index (χ3n) is 4.74. The summed E-state index contributed by atoms with van der Waals surface area (Å²) in [6, 6.07) is 11.6. The van der Waals surface area contributed by atoms with Gasteiger partial charge >= 0.3 is 5.97 Å². The number of hydroxylamine groups is 1. The summed E-state index contributed by atoms with van der Waals surface area (Å²) in [6.45, 7) is 2.28. The van der Waals surface area contributed by atoms with E-state index < -0.39 is 23.0 Å². The lowest BCUT2D eigenvalue weighted by Gasteiger charge is -2.36. The number of rotatable bonds is 8. The molecule has 1 atom stereocenters. The van der Waals surface area contributed by atoms with Crippen molar-refractivity contribution in [3.8, 4) is 0 Å². The van der Waals surface area contributed by atoms with Gasteiger partial charge in [-0.05, 0) is 42.8 Å². The molecule has 10 heteroatoms. The van der Waals surface area contributed by atoms with Gasteiger partial charge < -0.3 is 5.11 Å². The molecule has 1 unspecified atom stereocenters. The van der Waals surface area contributed by atoms with Crippen molar-refractivity contribution in [2.75, 3.05) is 22.1 Å². The molecule has 0 saturated carbocycles. The van der Waals surface area contributed by atoms with Crippen molar-refractivity contribution in [2.24, 2.45) is 0 Å². The molecule has 1 aliphatic rings. The first-order chi connectivity index (χ1) is 13.8. The van der Waals surface area contributed by atoms with Crippen LogP contribution in [0.2, 0.25) is 5.02 Å². The number of carboxylic acid groups (broad SMARTS) is 1. The Labute approximate surface area is 175 Å². The third kappa shape index (κ3) is 4.42. The number of fused-ring (bicyclic) bond motifs is 1. The highest BCUT2D eigenvalue weighted by molar-refractivity contribution is 7.67. The lowest BCUT2D eigenvalue weighted by atomic mass is 10.1. The van der Waals surface area contributed by atoms with E-state index in [1.807, 2.05) is 30.1 Å². The van der Waals surface area contributed by atoms with Crippen LogP contribution in [0.15, 0.2) is 42.5 Å². The Hall–Kier alpha value is -2.49. The summed E-state index contributed by atoms with van der Waals surface area (Å²) in [5.74, 6) is -0.934. The number of carboxylic acids is 1. The van der Waals surface area contributed by atoms with Crippen molar-refractivity contribution in [1.29, 1.82) is 0 Å². The number of benzene rings is 2. The molecular weight excluding hydrogens is 418 g/mol. The normalized spacial score (nSPS) is 14.2. The highest BCUT2D eigenvalue weighted by atomic mass is 35.5. The molecular formula is C19H22ClN3O5S. The SMILES string of the molecule is CCCC(C(=O)O)N1c2cccc(N(C)O[SH](=O)=O)c2CN1c1ccc(Cl)cc1. The molecule has 1 heterocycles. The van der Waals surface area contributed by atoms with Gasteiger partial charge in [0, 0.05) is 17.6 Å². The molecule has 3 rings (SSSR count). The van der Waals surface area contributed by atoms with Crippen LogP contribution < -0.4 is 15.1 Å². The quantitative estimate of drug-likeness (QED) is 0.478. The lowest BCUT2D eigenvalue weighted by molar-refractivity contribution is -0.138. The molecule has 0 saturated heterocycles. The van der Waals surface area contributed by atoms with Crippen LogP contribution in [0.1, 0.15) is 25.3 Å². The predicted molar refractivity (Wildman–Crippen MR) is 113 cm³/mol. The minimum atomic E-state index is -3.08. The third-order valence-corrected chi connectivity index (χ3v) is 5.37. The van der Waals surface area contributed by atoms with Crippen LogP contribution in [0.4, 0.5) is 17.1 Å². The second kappa shape index (κ2) is 8.89. The Morgan fingerprint density at radius 1 is 1.28 bits per heavy atom. The zero-order chi connectivity index (χ0) is 21.1. The van der Waals surface area contributed by atoms with Gasteiger partial charge in [-0.15, -0.1) is 0 Å². The largest absolute Gasteiger partial charge is 0.480 e. The van der Waals surface area contributed by atoms with Gasteiger partial charge in [0.05, 0.1) is 23.6 Å². The Bertz CT molecular complexity index is 959. The van der Waals surface area contributed by atoms with E-state index in [0.717, 1.165) is 11.3 Å². The number of hydrogen-bond acceptors (Lipinski definition) is 7. The van der Waals surface area contributed by atoms with Crippen LogP contribution in [0, 0.1) is 0 Å². The molecule has 156 valence electrons. The highest BCUT2D eigenvalue weighted by Crippen LogP contribution is 2.42. The van der Waals surface area contributed by atoms with E-state index in [0.29, 0.717) is 35.8 Å². The van der Waals surface area contributed by atoms with E-state index in [2.05, 4.69) is 0 Å². The summed E-state index contributed by atoms with van der Waals surface area (Å²) in [4.78, 5) is 12.1. The first kappa shape index (κ1) is 21.2. The fourth-order valence-corrected chi connectivity index (χ4v) is 3.94. The van der Waals surface area contributed by atoms with Gasteiger partial charge in [-0.1, -0.05) is 31.0 Å². The summed E-state index contributed by atoms with van der Waals surface area (Å²) in [7, 11) is -1.58. The van der Waals surface area contributed by atoms with Gasteiger partial charge in [-0.2, -0.15) is 4.28 Å². The molecule has 0 bridgehead atoms. The average molecular weight is 440 g/mol. The molecule has 1 N–H and O–H groups in total. The van der Waals surface area contributed by atoms with Crippen LogP contribution in [0.3, 0.4) is 0 Å². The van der Waals surface area contributed by atoms with E-state index in [1.165, 1.54) is 12.1 Å². The number of thiol groups is 1. The van der Waals surface area contributed by atoms with Crippen molar-refractivity contribution in [3.05, 3.63) is 53.1 Å². The molecule has 0 radical (unpaired) electrons. The number of aliphatic carboxylic acids is 1. The molecule has 2 aromatic rings. The van der Waals surface area contributed by atoms with Gasteiger partial charge in [-0.25, -0.2) is 18.3 Å². The van der Waals surface area contributed by atoms with Gasteiger partial charge in [0.1, 0.15) is 6.04 Å². The first-order valence-corrected chi connectivity index (χ1v) is 10.5. The minimum absolute atomic E-state index is 0.351. The lowest BCUT2D eigenvalue weighted by Crippen LogP contribution is -2.49. The zero-order valence-corrected chi connectivity index (χ0v) is 17.6. The fraction of sp³-hybridized carbons (Fsp3) is 0.316.